The van der Waals surface area contributed by atoms with Crippen molar-refractivity contribution < 1.29 is 14.3 Å². The lowest BCUT2D eigenvalue weighted by molar-refractivity contribution is -0.154. The number of Topliss-reactive ketones (excluding diaryl/α,β-unsaturated/α-hetero) is 1. The zero-order chi connectivity index (χ0) is 11.6. The fraction of sp³-hybridized carbons (Fsp3) is 0.692. The predicted octanol–water partition coefficient (Wildman–Crippen LogP) is 2.40. The van der Waals surface area contributed by atoms with Crippen molar-refractivity contribution in [3.8, 4) is 0 Å². The van der Waals surface area contributed by atoms with Gasteiger partial charge >= 0.3 is 5.97 Å². The minimum Gasteiger partial charge on any atom is -0.468 e. The Morgan fingerprint density at radius 2 is 2.12 bits per heavy atom. The zero-order valence-electron chi connectivity index (χ0n) is 9.75. The maximum atomic E-state index is 12.1. The maximum absolute atomic E-state index is 12.1. The van der Waals surface area contributed by atoms with E-state index >= 15 is 0 Å². The Morgan fingerprint density at radius 3 is 2.62 bits per heavy atom. The molecule has 0 N–H and O–H groups in total. The van der Waals surface area contributed by atoms with E-state index in [9.17, 15) is 9.59 Å². The van der Waals surface area contributed by atoms with Gasteiger partial charge in [-0.25, -0.2) is 0 Å². The summed E-state index contributed by atoms with van der Waals surface area (Å²) in [7, 11) is 1.37. The number of esters is 1. The van der Waals surface area contributed by atoms with E-state index in [1.807, 2.05) is 0 Å². The predicted molar refractivity (Wildman–Crippen MR) is 59.9 cm³/mol. The number of methoxy groups -OCH3 is 1. The first-order valence-electron chi connectivity index (χ1n) is 6.03. The van der Waals surface area contributed by atoms with E-state index in [0.717, 1.165) is 37.7 Å². The molecule has 3 nitrogen and oxygen atoms in total. The van der Waals surface area contributed by atoms with E-state index in [1.165, 1.54) is 7.11 Å². The first-order valence-corrected chi connectivity index (χ1v) is 6.03. The number of carbonyl (C=O) groups excluding carboxylic acids is 2. The Kier molecular flexibility index (Phi) is 3.13. The molecule has 3 heteroatoms. The molecule has 1 unspecified atom stereocenters. The average Bonchev–Trinajstić information content (AvgIpc) is 2.72. The standard InChI is InChI=1S/C13H18O3/c1-16-12(15)13(9-5-8-11(13)14)10-6-3-2-4-7-10/h6H,2-5,7-9H2,1H3. The molecule has 0 saturated heterocycles. The molecule has 1 saturated carbocycles. The largest absolute Gasteiger partial charge is 0.468 e. The molecule has 0 aromatic rings. The van der Waals surface area contributed by atoms with E-state index in [2.05, 4.69) is 6.08 Å². The van der Waals surface area contributed by atoms with Crippen LogP contribution in [0.3, 0.4) is 0 Å². The minimum absolute atomic E-state index is 0.0625. The van der Waals surface area contributed by atoms with Crippen molar-refractivity contribution in [2.75, 3.05) is 7.11 Å². The molecule has 0 bridgehead atoms. The Labute approximate surface area is 95.9 Å². The summed E-state index contributed by atoms with van der Waals surface area (Å²) in [6.07, 6.45) is 8.17. The van der Waals surface area contributed by atoms with Crippen LogP contribution in [0.2, 0.25) is 0 Å². The normalized spacial score (nSPS) is 30.1. The second-order valence-electron chi connectivity index (χ2n) is 4.65. The number of hydrogen-bond acceptors (Lipinski definition) is 3. The van der Waals surface area contributed by atoms with Gasteiger partial charge in [0.1, 0.15) is 5.41 Å². The van der Waals surface area contributed by atoms with Crippen LogP contribution in [0, 0.1) is 5.41 Å². The van der Waals surface area contributed by atoms with Crippen LogP contribution in [0.5, 0.6) is 0 Å². The van der Waals surface area contributed by atoms with Crippen LogP contribution in [0.1, 0.15) is 44.9 Å². The average molecular weight is 222 g/mol. The van der Waals surface area contributed by atoms with Crippen LogP contribution in [-0.4, -0.2) is 18.9 Å². The molecule has 0 heterocycles. The Bertz CT molecular complexity index is 343. The first kappa shape index (κ1) is 11.4. The summed E-state index contributed by atoms with van der Waals surface area (Å²) in [5, 5.41) is 0. The van der Waals surface area contributed by atoms with Crippen molar-refractivity contribution in [2.45, 2.75) is 44.9 Å². The number of hydrogen-bond donors (Lipinski definition) is 0. The number of allylic oxidation sites excluding steroid dienone is 1. The molecule has 2 rings (SSSR count). The molecular formula is C13H18O3. The Balaban J connectivity index is 2.37. The van der Waals surface area contributed by atoms with Gasteiger partial charge in [0.25, 0.3) is 0 Å². The van der Waals surface area contributed by atoms with Gasteiger partial charge in [0.05, 0.1) is 7.11 Å². The van der Waals surface area contributed by atoms with Crippen LogP contribution >= 0.6 is 0 Å². The third-order valence-corrected chi connectivity index (χ3v) is 3.80. The minimum atomic E-state index is -0.908. The quantitative estimate of drug-likeness (QED) is 0.409. The van der Waals surface area contributed by atoms with E-state index in [1.54, 1.807) is 0 Å². The van der Waals surface area contributed by atoms with Crippen molar-refractivity contribution in [3.63, 3.8) is 0 Å². The lowest BCUT2D eigenvalue weighted by Gasteiger charge is -2.29. The molecule has 0 amide bonds. The maximum Gasteiger partial charge on any atom is 0.323 e. The van der Waals surface area contributed by atoms with E-state index in [-0.39, 0.29) is 11.8 Å². The zero-order valence-corrected chi connectivity index (χ0v) is 9.75. The second kappa shape index (κ2) is 4.40. The number of ketones is 1. The fourth-order valence-corrected chi connectivity index (χ4v) is 2.95. The molecule has 16 heavy (non-hydrogen) atoms. The summed E-state index contributed by atoms with van der Waals surface area (Å²) in [6, 6.07) is 0. The molecule has 1 atom stereocenters. The highest BCUT2D eigenvalue weighted by atomic mass is 16.5. The van der Waals surface area contributed by atoms with Gasteiger partial charge < -0.3 is 4.74 Å². The molecule has 0 spiro atoms. The molecule has 1 fully saturated rings. The Hall–Kier alpha value is -1.12. The highest BCUT2D eigenvalue weighted by molar-refractivity contribution is 6.08. The van der Waals surface area contributed by atoms with Crippen molar-refractivity contribution in [1.82, 2.24) is 0 Å². The van der Waals surface area contributed by atoms with Gasteiger partial charge in [0.15, 0.2) is 5.78 Å². The molecule has 88 valence electrons. The number of rotatable bonds is 2. The van der Waals surface area contributed by atoms with Crippen LogP contribution in [-0.2, 0) is 14.3 Å². The molecule has 0 aliphatic heterocycles. The van der Waals surface area contributed by atoms with Gasteiger partial charge in [-0.3, -0.25) is 9.59 Å². The summed E-state index contributed by atoms with van der Waals surface area (Å²) in [4.78, 5) is 24.0. The van der Waals surface area contributed by atoms with Crippen molar-refractivity contribution in [1.29, 1.82) is 0 Å². The lowest BCUT2D eigenvalue weighted by Crippen LogP contribution is -2.38. The smallest absolute Gasteiger partial charge is 0.323 e. The third kappa shape index (κ3) is 1.58. The van der Waals surface area contributed by atoms with Crippen molar-refractivity contribution in [3.05, 3.63) is 11.6 Å². The van der Waals surface area contributed by atoms with E-state index < -0.39 is 5.41 Å². The summed E-state index contributed by atoms with van der Waals surface area (Å²) < 4.78 is 4.86. The molecule has 0 aromatic carbocycles. The van der Waals surface area contributed by atoms with Gasteiger partial charge in [-0.2, -0.15) is 0 Å². The van der Waals surface area contributed by atoms with Gasteiger partial charge in [-0.15, -0.1) is 0 Å². The fourth-order valence-electron chi connectivity index (χ4n) is 2.95. The SMILES string of the molecule is COC(=O)C1(C2=CCCCC2)CCCC1=O. The summed E-state index contributed by atoms with van der Waals surface area (Å²) in [6.45, 7) is 0. The highest BCUT2D eigenvalue weighted by Crippen LogP contribution is 2.45. The molecule has 0 aromatic heterocycles. The van der Waals surface area contributed by atoms with Gasteiger partial charge in [-0.05, 0) is 44.1 Å². The number of carbonyl (C=O) groups is 2. The lowest BCUT2D eigenvalue weighted by atomic mass is 9.73. The molecular weight excluding hydrogens is 204 g/mol. The van der Waals surface area contributed by atoms with Crippen LogP contribution in [0.25, 0.3) is 0 Å². The van der Waals surface area contributed by atoms with Gasteiger partial charge in [0, 0.05) is 6.42 Å². The molecule has 2 aliphatic rings. The van der Waals surface area contributed by atoms with Crippen molar-refractivity contribution >= 4 is 11.8 Å². The number of ether oxygens (including phenoxy) is 1. The molecule has 0 radical (unpaired) electrons. The van der Waals surface area contributed by atoms with Gasteiger partial charge in [-0.1, -0.05) is 6.08 Å². The summed E-state index contributed by atoms with van der Waals surface area (Å²) in [5.74, 6) is -0.282. The van der Waals surface area contributed by atoms with E-state index in [4.69, 9.17) is 4.74 Å². The third-order valence-electron chi connectivity index (χ3n) is 3.80. The Morgan fingerprint density at radius 1 is 1.31 bits per heavy atom. The topological polar surface area (TPSA) is 43.4 Å². The van der Waals surface area contributed by atoms with Gasteiger partial charge in [0.2, 0.25) is 0 Å². The highest BCUT2D eigenvalue weighted by Gasteiger charge is 2.52. The van der Waals surface area contributed by atoms with Crippen LogP contribution < -0.4 is 0 Å². The summed E-state index contributed by atoms with van der Waals surface area (Å²) in [5.41, 5.74) is 0.114. The van der Waals surface area contributed by atoms with Crippen LogP contribution in [0.4, 0.5) is 0 Å². The van der Waals surface area contributed by atoms with Crippen molar-refractivity contribution in [2.24, 2.45) is 5.41 Å². The monoisotopic (exact) mass is 222 g/mol. The van der Waals surface area contributed by atoms with Crippen LogP contribution in [0.15, 0.2) is 11.6 Å². The second-order valence-corrected chi connectivity index (χ2v) is 4.65. The molecule has 2 aliphatic carbocycles. The first-order chi connectivity index (χ1) is 7.71. The summed E-state index contributed by atoms with van der Waals surface area (Å²) >= 11 is 0. The van der Waals surface area contributed by atoms with E-state index in [0.29, 0.717) is 12.8 Å².